The highest BCUT2D eigenvalue weighted by atomic mass is 14.3. The number of rotatable bonds is 7. The largest absolute Gasteiger partial charge is 0.0856 e. The van der Waals surface area contributed by atoms with Gasteiger partial charge in [0.1, 0.15) is 0 Å². The summed E-state index contributed by atoms with van der Waals surface area (Å²) >= 11 is 0. The third-order valence-corrected chi connectivity index (χ3v) is 5.00. The van der Waals surface area contributed by atoms with E-state index in [0.717, 1.165) is 17.8 Å². The Labute approximate surface area is 128 Å². The zero-order chi connectivity index (χ0) is 14.8. The molecule has 2 atom stereocenters. The van der Waals surface area contributed by atoms with E-state index in [0.29, 0.717) is 0 Å². The van der Waals surface area contributed by atoms with E-state index in [1.807, 2.05) is 0 Å². The van der Waals surface area contributed by atoms with Gasteiger partial charge in [0.15, 0.2) is 0 Å². The Bertz CT molecular complexity index is 257. The summed E-state index contributed by atoms with van der Waals surface area (Å²) in [5.74, 6) is 2.87. The SMILES string of the molecule is CC(C)=CCC1CCCCCCC1CCCCC(C)C. The Morgan fingerprint density at radius 3 is 2.20 bits per heavy atom. The molecule has 0 bridgehead atoms. The van der Waals surface area contributed by atoms with Crippen LogP contribution in [-0.2, 0) is 0 Å². The Kier molecular flexibility index (Phi) is 9.31. The summed E-state index contributed by atoms with van der Waals surface area (Å²) in [5.41, 5.74) is 1.51. The third kappa shape index (κ3) is 8.12. The molecule has 1 aliphatic carbocycles. The molecule has 0 aromatic carbocycles. The van der Waals surface area contributed by atoms with Crippen LogP contribution in [0, 0.1) is 17.8 Å². The van der Waals surface area contributed by atoms with Crippen LogP contribution in [0.2, 0.25) is 0 Å². The Morgan fingerprint density at radius 1 is 0.950 bits per heavy atom. The van der Waals surface area contributed by atoms with Crippen molar-refractivity contribution >= 4 is 0 Å². The zero-order valence-electron chi connectivity index (χ0n) is 14.6. The lowest BCUT2D eigenvalue weighted by Gasteiger charge is -2.29. The normalized spacial score (nSPS) is 24.2. The Balaban J connectivity index is 2.43. The number of allylic oxidation sites excluding steroid dienone is 2. The molecule has 20 heavy (non-hydrogen) atoms. The topological polar surface area (TPSA) is 0 Å². The zero-order valence-corrected chi connectivity index (χ0v) is 14.6. The van der Waals surface area contributed by atoms with E-state index < -0.39 is 0 Å². The van der Waals surface area contributed by atoms with Crippen molar-refractivity contribution in [1.82, 2.24) is 0 Å². The lowest BCUT2D eigenvalue weighted by Crippen LogP contribution is -2.17. The van der Waals surface area contributed by atoms with Gasteiger partial charge < -0.3 is 0 Å². The molecule has 2 unspecified atom stereocenters. The molecule has 0 radical (unpaired) electrons. The van der Waals surface area contributed by atoms with E-state index in [1.54, 1.807) is 0 Å². The van der Waals surface area contributed by atoms with Gasteiger partial charge >= 0.3 is 0 Å². The van der Waals surface area contributed by atoms with Gasteiger partial charge in [-0.2, -0.15) is 0 Å². The first kappa shape index (κ1) is 17.8. The van der Waals surface area contributed by atoms with Crippen molar-refractivity contribution in [3.63, 3.8) is 0 Å². The molecule has 118 valence electrons. The van der Waals surface area contributed by atoms with Crippen molar-refractivity contribution in [3.05, 3.63) is 11.6 Å². The lowest BCUT2D eigenvalue weighted by atomic mass is 9.77. The molecule has 1 aliphatic rings. The quantitative estimate of drug-likeness (QED) is 0.343. The minimum atomic E-state index is 0.883. The smallest absolute Gasteiger partial charge is 0.0317 e. The van der Waals surface area contributed by atoms with Gasteiger partial charge in [-0.05, 0) is 44.4 Å². The van der Waals surface area contributed by atoms with E-state index in [-0.39, 0.29) is 0 Å². The van der Waals surface area contributed by atoms with Gasteiger partial charge in [0.05, 0.1) is 0 Å². The van der Waals surface area contributed by atoms with Crippen LogP contribution in [0.15, 0.2) is 11.6 Å². The first-order valence-electron chi connectivity index (χ1n) is 9.23. The molecular formula is C20H38. The average Bonchev–Trinajstić information content (AvgIpc) is 2.35. The molecule has 1 fully saturated rings. The first-order valence-corrected chi connectivity index (χ1v) is 9.23. The van der Waals surface area contributed by atoms with Crippen molar-refractivity contribution in [2.75, 3.05) is 0 Å². The molecule has 0 saturated heterocycles. The van der Waals surface area contributed by atoms with Crippen molar-refractivity contribution in [2.24, 2.45) is 17.8 Å². The summed E-state index contributed by atoms with van der Waals surface area (Å²) in [5, 5.41) is 0. The van der Waals surface area contributed by atoms with Crippen LogP contribution in [0.3, 0.4) is 0 Å². The van der Waals surface area contributed by atoms with E-state index in [9.17, 15) is 0 Å². The van der Waals surface area contributed by atoms with E-state index >= 15 is 0 Å². The summed E-state index contributed by atoms with van der Waals surface area (Å²) in [7, 11) is 0. The molecule has 0 aliphatic heterocycles. The predicted molar refractivity (Wildman–Crippen MR) is 92.0 cm³/mol. The fourth-order valence-electron chi connectivity index (χ4n) is 3.67. The van der Waals surface area contributed by atoms with Gasteiger partial charge in [0.2, 0.25) is 0 Å². The maximum absolute atomic E-state index is 2.49. The number of hydrogen-bond donors (Lipinski definition) is 0. The van der Waals surface area contributed by atoms with Gasteiger partial charge in [0.25, 0.3) is 0 Å². The van der Waals surface area contributed by atoms with Crippen LogP contribution in [0.4, 0.5) is 0 Å². The molecule has 0 amide bonds. The first-order chi connectivity index (χ1) is 9.59. The van der Waals surface area contributed by atoms with Crippen LogP contribution in [0.5, 0.6) is 0 Å². The molecule has 0 nitrogen and oxygen atoms in total. The molecule has 1 saturated carbocycles. The van der Waals surface area contributed by atoms with Gasteiger partial charge in [-0.3, -0.25) is 0 Å². The second-order valence-electron chi connectivity index (χ2n) is 7.71. The third-order valence-electron chi connectivity index (χ3n) is 5.00. The fourth-order valence-corrected chi connectivity index (χ4v) is 3.67. The molecule has 0 aromatic rings. The maximum Gasteiger partial charge on any atom is -0.0317 e. The lowest BCUT2D eigenvalue weighted by molar-refractivity contribution is 0.241. The summed E-state index contributed by atoms with van der Waals surface area (Å²) < 4.78 is 0. The van der Waals surface area contributed by atoms with Crippen LogP contribution >= 0.6 is 0 Å². The average molecular weight is 279 g/mol. The standard InChI is InChI=1S/C20H38/c1-17(2)11-9-10-14-19-12-7-5-6-8-13-20(19)16-15-18(3)4/h15,17,19-20H,5-14,16H2,1-4H3. The number of unbranched alkanes of at least 4 members (excludes halogenated alkanes) is 1. The molecule has 1 rings (SSSR count). The monoisotopic (exact) mass is 278 g/mol. The van der Waals surface area contributed by atoms with Gasteiger partial charge in [-0.25, -0.2) is 0 Å². The minimum absolute atomic E-state index is 0.883. The molecular weight excluding hydrogens is 240 g/mol. The van der Waals surface area contributed by atoms with Crippen molar-refractivity contribution < 1.29 is 0 Å². The van der Waals surface area contributed by atoms with Crippen LogP contribution in [0.25, 0.3) is 0 Å². The molecule has 0 heteroatoms. The highest BCUT2D eigenvalue weighted by Gasteiger charge is 2.21. The van der Waals surface area contributed by atoms with Crippen LogP contribution in [0.1, 0.15) is 98.3 Å². The maximum atomic E-state index is 2.49. The minimum Gasteiger partial charge on any atom is -0.0856 e. The molecule has 0 heterocycles. The van der Waals surface area contributed by atoms with Crippen LogP contribution < -0.4 is 0 Å². The second-order valence-corrected chi connectivity index (χ2v) is 7.71. The van der Waals surface area contributed by atoms with Gasteiger partial charge in [0, 0.05) is 0 Å². The summed E-state index contributed by atoms with van der Waals surface area (Å²) in [4.78, 5) is 0. The molecule has 0 spiro atoms. The Hall–Kier alpha value is -0.260. The predicted octanol–water partition coefficient (Wildman–Crippen LogP) is 7.15. The van der Waals surface area contributed by atoms with Gasteiger partial charge in [-0.15, -0.1) is 0 Å². The highest BCUT2D eigenvalue weighted by molar-refractivity contribution is 4.95. The second kappa shape index (κ2) is 10.5. The summed E-state index contributed by atoms with van der Waals surface area (Å²) in [6.45, 7) is 9.21. The van der Waals surface area contributed by atoms with Crippen molar-refractivity contribution in [1.29, 1.82) is 0 Å². The van der Waals surface area contributed by atoms with Crippen molar-refractivity contribution in [3.8, 4) is 0 Å². The molecule has 0 aromatic heterocycles. The van der Waals surface area contributed by atoms with Gasteiger partial charge in [-0.1, -0.05) is 83.3 Å². The van der Waals surface area contributed by atoms with Crippen molar-refractivity contribution in [2.45, 2.75) is 98.3 Å². The van der Waals surface area contributed by atoms with E-state index in [1.165, 1.54) is 76.2 Å². The summed E-state index contributed by atoms with van der Waals surface area (Å²) in [6, 6.07) is 0. The number of hydrogen-bond acceptors (Lipinski definition) is 0. The summed E-state index contributed by atoms with van der Waals surface area (Å²) in [6.07, 6.45) is 18.6. The fraction of sp³-hybridized carbons (Fsp3) is 0.900. The van der Waals surface area contributed by atoms with Crippen LogP contribution in [-0.4, -0.2) is 0 Å². The Morgan fingerprint density at radius 2 is 1.60 bits per heavy atom. The van der Waals surface area contributed by atoms with E-state index in [2.05, 4.69) is 33.8 Å². The molecule has 0 N–H and O–H groups in total. The highest BCUT2D eigenvalue weighted by Crippen LogP contribution is 2.34. The van der Waals surface area contributed by atoms with E-state index in [4.69, 9.17) is 0 Å².